The quantitative estimate of drug-likeness (QED) is 0.493. The maximum Gasteiger partial charge on any atom is 0.320 e. The number of hydrogen-bond acceptors (Lipinski definition) is 4. The number of carbonyl (C=O) groups is 2. The lowest BCUT2D eigenvalue weighted by Gasteiger charge is -2.13. The van der Waals surface area contributed by atoms with Crippen molar-refractivity contribution in [3.8, 4) is 0 Å². The number of carbonyl (C=O) groups excluding carboxylic acids is 1. The van der Waals surface area contributed by atoms with E-state index in [0.717, 1.165) is 0 Å². The number of hydrogen-bond donors (Lipinski definition) is 3. The number of carboxylic acid groups (broad SMARTS) is 1. The van der Waals surface area contributed by atoms with Crippen LogP contribution < -0.4 is 11.5 Å². The Morgan fingerprint density at radius 1 is 1.50 bits per heavy atom. The summed E-state index contributed by atoms with van der Waals surface area (Å²) in [6.07, 6.45) is 0.112. The number of rotatable bonds is 5. The molecule has 0 spiro atoms. The lowest BCUT2D eigenvalue weighted by atomic mass is 9.97. The predicted octanol–water partition coefficient (Wildman–Crippen LogP) is -1.05. The normalized spacial score (nSPS) is 15.2. The highest BCUT2D eigenvalue weighted by Crippen LogP contribution is 2.05. The average molecular weight is 174 g/mol. The van der Waals surface area contributed by atoms with Gasteiger partial charge in [0.1, 0.15) is 11.8 Å². The topological polar surface area (TPSA) is 106 Å². The summed E-state index contributed by atoms with van der Waals surface area (Å²) < 4.78 is 0. The number of ketones is 1. The smallest absolute Gasteiger partial charge is 0.320 e. The Labute approximate surface area is 70.7 Å². The fraction of sp³-hybridized carbons (Fsp3) is 0.714. The molecule has 2 atom stereocenters. The van der Waals surface area contributed by atoms with Crippen LogP contribution in [0.2, 0.25) is 0 Å². The van der Waals surface area contributed by atoms with Crippen molar-refractivity contribution in [2.45, 2.75) is 19.4 Å². The Kier molecular flexibility index (Phi) is 4.46. The van der Waals surface area contributed by atoms with Gasteiger partial charge in [-0.3, -0.25) is 9.59 Å². The van der Waals surface area contributed by atoms with E-state index >= 15 is 0 Å². The van der Waals surface area contributed by atoms with Crippen molar-refractivity contribution >= 4 is 11.8 Å². The van der Waals surface area contributed by atoms with Crippen LogP contribution in [0.15, 0.2) is 0 Å². The van der Waals surface area contributed by atoms with Crippen molar-refractivity contribution in [2.24, 2.45) is 17.4 Å². The molecular formula is C7H14N2O3. The molecule has 5 N–H and O–H groups in total. The van der Waals surface area contributed by atoms with Crippen molar-refractivity contribution in [2.75, 3.05) is 6.54 Å². The standard InChI is InChI=1S/C7H14N2O3/c1-4(10)5(3-8)2-6(9)7(11)12/h5-6H,2-3,8-9H2,1H3,(H,11,12)/t5?,6-/m1/s1. The van der Waals surface area contributed by atoms with E-state index in [1.165, 1.54) is 6.92 Å². The SMILES string of the molecule is CC(=O)C(CN)C[C@@H](N)C(=O)O. The third kappa shape index (κ3) is 3.45. The summed E-state index contributed by atoms with van der Waals surface area (Å²) >= 11 is 0. The zero-order chi connectivity index (χ0) is 9.72. The van der Waals surface area contributed by atoms with Crippen LogP contribution in [-0.2, 0) is 9.59 Å². The first-order valence-corrected chi connectivity index (χ1v) is 3.68. The zero-order valence-electron chi connectivity index (χ0n) is 6.99. The van der Waals surface area contributed by atoms with E-state index in [1.807, 2.05) is 0 Å². The van der Waals surface area contributed by atoms with E-state index < -0.39 is 17.9 Å². The van der Waals surface area contributed by atoms with Crippen molar-refractivity contribution in [1.29, 1.82) is 0 Å². The molecule has 5 nitrogen and oxygen atoms in total. The van der Waals surface area contributed by atoms with Crippen molar-refractivity contribution in [1.82, 2.24) is 0 Å². The first-order valence-electron chi connectivity index (χ1n) is 3.68. The fourth-order valence-corrected chi connectivity index (χ4v) is 0.835. The van der Waals surface area contributed by atoms with Crippen LogP contribution >= 0.6 is 0 Å². The van der Waals surface area contributed by atoms with Gasteiger partial charge in [0.05, 0.1) is 0 Å². The summed E-state index contributed by atoms with van der Waals surface area (Å²) in [5.74, 6) is -1.65. The van der Waals surface area contributed by atoms with Gasteiger partial charge in [0.25, 0.3) is 0 Å². The number of carboxylic acids is 1. The molecule has 0 aromatic heterocycles. The van der Waals surface area contributed by atoms with E-state index in [9.17, 15) is 9.59 Å². The summed E-state index contributed by atoms with van der Waals surface area (Å²) in [6.45, 7) is 1.53. The van der Waals surface area contributed by atoms with Crippen LogP contribution in [0, 0.1) is 5.92 Å². The van der Waals surface area contributed by atoms with Crippen LogP contribution in [0.3, 0.4) is 0 Å². The summed E-state index contributed by atoms with van der Waals surface area (Å²) in [5.41, 5.74) is 10.5. The first-order chi connectivity index (χ1) is 5.49. The zero-order valence-corrected chi connectivity index (χ0v) is 6.99. The van der Waals surface area contributed by atoms with Crippen molar-refractivity contribution in [3.05, 3.63) is 0 Å². The van der Waals surface area contributed by atoms with E-state index in [2.05, 4.69) is 0 Å². The van der Waals surface area contributed by atoms with Gasteiger partial charge in [-0.1, -0.05) is 0 Å². The molecule has 5 heteroatoms. The molecule has 0 aromatic carbocycles. The number of aliphatic carboxylic acids is 1. The van der Waals surface area contributed by atoms with E-state index in [4.69, 9.17) is 16.6 Å². The van der Waals surface area contributed by atoms with Crippen molar-refractivity contribution < 1.29 is 14.7 Å². The molecular weight excluding hydrogens is 160 g/mol. The van der Waals surface area contributed by atoms with Crippen LogP contribution in [0.5, 0.6) is 0 Å². The van der Waals surface area contributed by atoms with Crippen LogP contribution in [0.25, 0.3) is 0 Å². The lowest BCUT2D eigenvalue weighted by Crippen LogP contribution is -2.36. The number of nitrogens with two attached hydrogens (primary N) is 2. The summed E-state index contributed by atoms with van der Waals surface area (Å²) in [4.78, 5) is 21.1. The van der Waals surface area contributed by atoms with Gasteiger partial charge in [0.15, 0.2) is 0 Å². The molecule has 0 heterocycles. The Morgan fingerprint density at radius 2 is 2.00 bits per heavy atom. The minimum atomic E-state index is -1.10. The van der Waals surface area contributed by atoms with E-state index in [0.29, 0.717) is 0 Å². The van der Waals surface area contributed by atoms with Crippen LogP contribution in [0.4, 0.5) is 0 Å². The number of Topliss-reactive ketones (excluding diaryl/α,β-unsaturated/α-hetero) is 1. The van der Waals surface area contributed by atoms with E-state index in [-0.39, 0.29) is 18.7 Å². The second-order valence-electron chi connectivity index (χ2n) is 2.72. The minimum Gasteiger partial charge on any atom is -0.480 e. The molecule has 0 saturated carbocycles. The third-order valence-electron chi connectivity index (χ3n) is 1.72. The van der Waals surface area contributed by atoms with Gasteiger partial charge >= 0.3 is 5.97 Å². The molecule has 0 aliphatic rings. The molecule has 0 aromatic rings. The second-order valence-corrected chi connectivity index (χ2v) is 2.72. The van der Waals surface area contributed by atoms with E-state index in [1.54, 1.807) is 0 Å². The molecule has 0 aliphatic carbocycles. The van der Waals surface area contributed by atoms with Gasteiger partial charge in [-0.25, -0.2) is 0 Å². The van der Waals surface area contributed by atoms with Gasteiger partial charge in [-0.2, -0.15) is 0 Å². The molecule has 1 unspecified atom stereocenters. The molecule has 0 saturated heterocycles. The van der Waals surface area contributed by atoms with Gasteiger partial charge in [-0.15, -0.1) is 0 Å². The second kappa shape index (κ2) is 4.84. The molecule has 0 fully saturated rings. The summed E-state index contributed by atoms with van der Waals surface area (Å²) in [6, 6.07) is -0.998. The molecule has 0 amide bonds. The Bertz CT molecular complexity index is 181. The highest BCUT2D eigenvalue weighted by Gasteiger charge is 2.20. The van der Waals surface area contributed by atoms with Gasteiger partial charge in [0, 0.05) is 12.5 Å². The first kappa shape index (κ1) is 11.1. The van der Waals surface area contributed by atoms with Gasteiger partial charge < -0.3 is 16.6 Å². The average Bonchev–Trinajstić information content (AvgIpc) is 1.98. The summed E-state index contributed by atoms with van der Waals surface area (Å²) in [5, 5.41) is 8.43. The van der Waals surface area contributed by atoms with Crippen LogP contribution in [-0.4, -0.2) is 29.4 Å². The monoisotopic (exact) mass is 174 g/mol. The Hall–Kier alpha value is -0.940. The highest BCUT2D eigenvalue weighted by molar-refractivity contribution is 5.80. The Balaban J connectivity index is 4.02. The predicted molar refractivity (Wildman–Crippen MR) is 43.5 cm³/mol. The molecule has 0 rings (SSSR count). The maximum atomic E-state index is 10.8. The van der Waals surface area contributed by atoms with Crippen LogP contribution in [0.1, 0.15) is 13.3 Å². The largest absolute Gasteiger partial charge is 0.480 e. The van der Waals surface area contributed by atoms with Gasteiger partial charge in [0.2, 0.25) is 0 Å². The fourth-order valence-electron chi connectivity index (χ4n) is 0.835. The Morgan fingerprint density at radius 3 is 2.25 bits per heavy atom. The molecule has 12 heavy (non-hydrogen) atoms. The van der Waals surface area contributed by atoms with Crippen molar-refractivity contribution in [3.63, 3.8) is 0 Å². The molecule has 0 radical (unpaired) electrons. The lowest BCUT2D eigenvalue weighted by molar-refractivity contribution is -0.139. The maximum absolute atomic E-state index is 10.8. The minimum absolute atomic E-state index is 0.112. The highest BCUT2D eigenvalue weighted by atomic mass is 16.4. The third-order valence-corrected chi connectivity index (χ3v) is 1.72. The molecule has 0 aliphatic heterocycles. The molecule has 0 bridgehead atoms. The molecule has 70 valence electrons. The van der Waals surface area contributed by atoms with Gasteiger partial charge in [-0.05, 0) is 13.3 Å². The summed E-state index contributed by atoms with van der Waals surface area (Å²) in [7, 11) is 0.